The predicted octanol–water partition coefficient (Wildman–Crippen LogP) is 1.87. The van der Waals surface area contributed by atoms with E-state index < -0.39 is 12.0 Å². The Bertz CT molecular complexity index is 396. The van der Waals surface area contributed by atoms with Crippen LogP contribution in [-0.4, -0.2) is 38.5 Å². The zero-order chi connectivity index (χ0) is 13.0. The maximum absolute atomic E-state index is 11.4. The highest BCUT2D eigenvalue weighted by Gasteiger charge is 2.31. The number of hydrogen-bond acceptors (Lipinski definition) is 4. The smallest absolute Gasteiger partial charge is 0.320 e. The van der Waals surface area contributed by atoms with Crippen molar-refractivity contribution >= 4 is 5.97 Å². The largest absolute Gasteiger partial charge is 0.480 e. The molecule has 1 aromatic rings. The molecule has 0 saturated carbocycles. The van der Waals surface area contributed by atoms with Crippen LogP contribution in [0.25, 0.3) is 0 Å². The van der Waals surface area contributed by atoms with Gasteiger partial charge in [-0.3, -0.25) is 19.7 Å². The van der Waals surface area contributed by atoms with Gasteiger partial charge in [0, 0.05) is 18.6 Å². The molecular formula is C13H19N3O2. The molecule has 0 spiro atoms. The molecule has 5 nitrogen and oxygen atoms in total. The molecule has 1 saturated heterocycles. The molecule has 0 bridgehead atoms. The van der Waals surface area contributed by atoms with E-state index in [1.54, 1.807) is 18.6 Å². The first kappa shape index (κ1) is 13.0. The number of likely N-dealkylation sites (tertiary alicyclic amines) is 1. The zero-order valence-electron chi connectivity index (χ0n) is 10.6. The highest BCUT2D eigenvalue weighted by Crippen LogP contribution is 2.26. The second-order valence-corrected chi connectivity index (χ2v) is 4.75. The maximum Gasteiger partial charge on any atom is 0.320 e. The molecule has 1 fully saturated rings. The van der Waals surface area contributed by atoms with Gasteiger partial charge in [-0.2, -0.15) is 0 Å². The van der Waals surface area contributed by atoms with Crippen LogP contribution in [0.1, 0.15) is 44.3 Å². The number of carboxylic acids is 1. The average molecular weight is 249 g/mol. The SMILES string of the molecule is CC(c1cnccn1)N1CCCCCC1C(=O)O. The molecule has 98 valence electrons. The van der Waals surface area contributed by atoms with Gasteiger partial charge in [0.15, 0.2) is 0 Å². The summed E-state index contributed by atoms with van der Waals surface area (Å²) in [7, 11) is 0. The monoisotopic (exact) mass is 249 g/mol. The van der Waals surface area contributed by atoms with E-state index >= 15 is 0 Å². The van der Waals surface area contributed by atoms with Crippen LogP contribution < -0.4 is 0 Å². The Morgan fingerprint density at radius 1 is 1.44 bits per heavy atom. The Balaban J connectivity index is 2.19. The van der Waals surface area contributed by atoms with Gasteiger partial charge in [0.2, 0.25) is 0 Å². The molecule has 2 rings (SSSR count). The molecule has 0 aromatic carbocycles. The highest BCUT2D eigenvalue weighted by atomic mass is 16.4. The van der Waals surface area contributed by atoms with E-state index in [4.69, 9.17) is 0 Å². The lowest BCUT2D eigenvalue weighted by molar-refractivity contribution is -0.144. The van der Waals surface area contributed by atoms with Crippen LogP contribution in [0.15, 0.2) is 18.6 Å². The van der Waals surface area contributed by atoms with Gasteiger partial charge in [0.25, 0.3) is 0 Å². The lowest BCUT2D eigenvalue weighted by Crippen LogP contribution is -2.42. The van der Waals surface area contributed by atoms with Crippen molar-refractivity contribution in [1.29, 1.82) is 0 Å². The van der Waals surface area contributed by atoms with Gasteiger partial charge in [0.1, 0.15) is 6.04 Å². The molecule has 2 unspecified atom stereocenters. The summed E-state index contributed by atoms with van der Waals surface area (Å²) in [6, 6.07) is -0.401. The van der Waals surface area contributed by atoms with Crippen molar-refractivity contribution in [3.05, 3.63) is 24.3 Å². The van der Waals surface area contributed by atoms with Crippen molar-refractivity contribution in [2.45, 2.75) is 44.7 Å². The number of aromatic nitrogens is 2. The maximum atomic E-state index is 11.4. The summed E-state index contributed by atoms with van der Waals surface area (Å²) in [6.07, 6.45) is 8.86. The Labute approximate surface area is 107 Å². The number of rotatable bonds is 3. The molecule has 1 aliphatic heterocycles. The van der Waals surface area contributed by atoms with E-state index in [0.717, 1.165) is 37.9 Å². The first-order chi connectivity index (χ1) is 8.70. The first-order valence-electron chi connectivity index (χ1n) is 6.44. The molecule has 0 amide bonds. The van der Waals surface area contributed by atoms with Gasteiger partial charge in [-0.05, 0) is 26.3 Å². The number of nitrogens with zero attached hydrogens (tertiary/aromatic N) is 3. The van der Waals surface area contributed by atoms with Crippen LogP contribution in [0, 0.1) is 0 Å². The normalized spacial score (nSPS) is 23.3. The molecule has 2 atom stereocenters. The summed E-state index contributed by atoms with van der Waals surface area (Å²) in [5, 5.41) is 9.35. The Morgan fingerprint density at radius 3 is 2.94 bits per heavy atom. The molecule has 0 radical (unpaired) electrons. The topological polar surface area (TPSA) is 66.3 Å². The fourth-order valence-electron chi connectivity index (χ4n) is 2.56. The van der Waals surface area contributed by atoms with Gasteiger partial charge in [-0.15, -0.1) is 0 Å². The molecule has 1 aromatic heterocycles. The summed E-state index contributed by atoms with van der Waals surface area (Å²) in [5.41, 5.74) is 0.839. The minimum Gasteiger partial charge on any atom is -0.480 e. The lowest BCUT2D eigenvalue weighted by Gasteiger charge is -2.32. The molecule has 2 heterocycles. The van der Waals surface area contributed by atoms with Gasteiger partial charge in [0.05, 0.1) is 11.7 Å². The summed E-state index contributed by atoms with van der Waals surface area (Å²) in [5.74, 6) is -0.729. The summed E-state index contributed by atoms with van der Waals surface area (Å²) < 4.78 is 0. The Kier molecular flexibility index (Phi) is 4.25. The second kappa shape index (κ2) is 5.91. The van der Waals surface area contributed by atoms with Crippen molar-refractivity contribution in [2.24, 2.45) is 0 Å². The number of carbonyl (C=O) groups is 1. The number of carboxylic acid groups (broad SMARTS) is 1. The van der Waals surface area contributed by atoms with Crippen LogP contribution in [0.3, 0.4) is 0 Å². The van der Waals surface area contributed by atoms with E-state index in [0.29, 0.717) is 0 Å². The summed E-state index contributed by atoms with van der Waals surface area (Å²) >= 11 is 0. The standard InChI is InChI=1S/C13H19N3O2/c1-10(11-9-14-6-7-15-11)16-8-4-2-3-5-12(16)13(17)18/h6-7,9-10,12H,2-5,8H2,1H3,(H,17,18). The third-order valence-electron chi connectivity index (χ3n) is 3.59. The summed E-state index contributed by atoms with van der Waals surface area (Å²) in [6.45, 7) is 2.82. The highest BCUT2D eigenvalue weighted by molar-refractivity contribution is 5.73. The third kappa shape index (κ3) is 2.85. The molecule has 5 heteroatoms. The third-order valence-corrected chi connectivity index (χ3v) is 3.59. The van der Waals surface area contributed by atoms with E-state index in [9.17, 15) is 9.90 Å². The van der Waals surface area contributed by atoms with E-state index in [1.807, 2.05) is 11.8 Å². The van der Waals surface area contributed by atoms with E-state index in [-0.39, 0.29) is 6.04 Å². The molecule has 1 aliphatic rings. The van der Waals surface area contributed by atoms with Crippen molar-refractivity contribution in [3.8, 4) is 0 Å². The average Bonchev–Trinajstić information content (AvgIpc) is 2.64. The van der Waals surface area contributed by atoms with Crippen molar-refractivity contribution in [1.82, 2.24) is 14.9 Å². The van der Waals surface area contributed by atoms with Gasteiger partial charge >= 0.3 is 5.97 Å². The number of hydrogen-bond donors (Lipinski definition) is 1. The van der Waals surface area contributed by atoms with Gasteiger partial charge in [-0.1, -0.05) is 12.8 Å². The van der Waals surface area contributed by atoms with E-state index in [1.165, 1.54) is 0 Å². The van der Waals surface area contributed by atoms with Crippen LogP contribution >= 0.6 is 0 Å². The van der Waals surface area contributed by atoms with Crippen LogP contribution in [0.4, 0.5) is 0 Å². The Morgan fingerprint density at radius 2 is 2.28 bits per heavy atom. The van der Waals surface area contributed by atoms with Crippen LogP contribution in [-0.2, 0) is 4.79 Å². The lowest BCUT2D eigenvalue weighted by atomic mass is 10.1. The van der Waals surface area contributed by atoms with Gasteiger partial charge in [-0.25, -0.2) is 0 Å². The van der Waals surface area contributed by atoms with E-state index in [2.05, 4.69) is 9.97 Å². The number of aliphatic carboxylic acids is 1. The minimum absolute atomic E-state index is 0.00194. The van der Waals surface area contributed by atoms with Crippen LogP contribution in [0.5, 0.6) is 0 Å². The molecule has 18 heavy (non-hydrogen) atoms. The van der Waals surface area contributed by atoms with Crippen molar-refractivity contribution in [3.63, 3.8) is 0 Å². The fourth-order valence-corrected chi connectivity index (χ4v) is 2.56. The fraction of sp³-hybridized carbons (Fsp3) is 0.615. The minimum atomic E-state index is -0.729. The Hall–Kier alpha value is -1.49. The van der Waals surface area contributed by atoms with Gasteiger partial charge < -0.3 is 5.11 Å². The van der Waals surface area contributed by atoms with Crippen molar-refractivity contribution in [2.75, 3.05) is 6.54 Å². The molecule has 1 N–H and O–H groups in total. The predicted molar refractivity (Wildman–Crippen MR) is 67.0 cm³/mol. The molecule has 0 aliphatic carbocycles. The first-order valence-corrected chi connectivity index (χ1v) is 6.44. The van der Waals surface area contributed by atoms with Crippen LogP contribution in [0.2, 0.25) is 0 Å². The quantitative estimate of drug-likeness (QED) is 0.885. The second-order valence-electron chi connectivity index (χ2n) is 4.75. The summed E-state index contributed by atoms with van der Waals surface area (Å²) in [4.78, 5) is 21.8. The molecular weight excluding hydrogens is 230 g/mol. The zero-order valence-corrected chi connectivity index (χ0v) is 10.6. The van der Waals surface area contributed by atoms with Crippen molar-refractivity contribution < 1.29 is 9.90 Å².